The van der Waals surface area contributed by atoms with Crippen LogP contribution in [0.4, 0.5) is 10.1 Å². The highest BCUT2D eigenvalue weighted by Crippen LogP contribution is 2.38. The van der Waals surface area contributed by atoms with Gasteiger partial charge >= 0.3 is 0 Å². The Morgan fingerprint density at radius 2 is 2.19 bits per heavy atom. The number of amides is 2. The molecule has 6 nitrogen and oxygen atoms in total. The number of hydrogen-bond acceptors (Lipinski definition) is 4. The molecule has 0 spiro atoms. The van der Waals surface area contributed by atoms with Crippen LogP contribution in [0, 0.1) is 5.82 Å². The van der Waals surface area contributed by atoms with Gasteiger partial charge in [0.05, 0.1) is 12.5 Å². The number of aromatic nitrogens is 1. The van der Waals surface area contributed by atoms with E-state index in [1.54, 1.807) is 4.90 Å². The molecule has 2 aromatic rings. The van der Waals surface area contributed by atoms with Crippen LogP contribution in [0.5, 0.6) is 0 Å². The zero-order chi connectivity index (χ0) is 18.5. The molecule has 7 heteroatoms. The molecule has 1 aliphatic carbocycles. The van der Waals surface area contributed by atoms with E-state index in [-0.39, 0.29) is 18.2 Å². The topological polar surface area (TPSA) is 75.4 Å². The first-order valence-corrected chi connectivity index (χ1v) is 9.45. The molecule has 1 aromatic carbocycles. The van der Waals surface area contributed by atoms with E-state index in [4.69, 9.17) is 4.42 Å². The van der Waals surface area contributed by atoms with Gasteiger partial charge in [0, 0.05) is 31.0 Å². The van der Waals surface area contributed by atoms with Gasteiger partial charge < -0.3 is 14.6 Å². The number of anilines is 1. The van der Waals surface area contributed by atoms with Crippen LogP contribution in [-0.2, 0) is 22.6 Å². The van der Waals surface area contributed by atoms with Crippen molar-refractivity contribution in [1.82, 2.24) is 9.88 Å². The highest BCUT2D eigenvalue weighted by molar-refractivity contribution is 6.01. The first-order valence-electron chi connectivity index (χ1n) is 9.45. The lowest BCUT2D eigenvalue weighted by atomic mass is 9.85. The van der Waals surface area contributed by atoms with Gasteiger partial charge in [-0.15, -0.1) is 0 Å². The molecule has 5 rings (SSSR count). The fourth-order valence-electron chi connectivity index (χ4n) is 4.11. The maximum atomic E-state index is 13.7. The first-order chi connectivity index (χ1) is 13.1. The minimum atomic E-state index is -0.663. The zero-order valence-corrected chi connectivity index (χ0v) is 14.8. The molecule has 1 fully saturated rings. The van der Waals surface area contributed by atoms with Gasteiger partial charge in [-0.25, -0.2) is 9.37 Å². The fourth-order valence-corrected chi connectivity index (χ4v) is 4.11. The van der Waals surface area contributed by atoms with E-state index in [1.807, 2.05) is 0 Å². The third kappa shape index (κ3) is 2.81. The molecular weight excluding hydrogens is 349 g/mol. The van der Waals surface area contributed by atoms with Crippen molar-refractivity contribution in [3.63, 3.8) is 0 Å². The van der Waals surface area contributed by atoms with Crippen molar-refractivity contribution in [2.45, 2.75) is 50.5 Å². The van der Waals surface area contributed by atoms with Crippen molar-refractivity contribution >= 4 is 17.5 Å². The van der Waals surface area contributed by atoms with Crippen LogP contribution in [0.3, 0.4) is 0 Å². The van der Waals surface area contributed by atoms with E-state index < -0.39 is 11.7 Å². The second-order valence-corrected chi connectivity index (χ2v) is 7.60. The monoisotopic (exact) mass is 369 g/mol. The summed E-state index contributed by atoms with van der Waals surface area (Å²) in [5, 5.41) is 2.72. The highest BCUT2D eigenvalue weighted by atomic mass is 19.1. The molecule has 1 N–H and O–H groups in total. The third-order valence-electron chi connectivity index (χ3n) is 5.86. The number of hydrogen-bond donors (Lipinski definition) is 1. The lowest BCUT2D eigenvalue weighted by Gasteiger charge is -2.32. The van der Waals surface area contributed by atoms with Crippen LogP contribution in [0.15, 0.2) is 22.6 Å². The van der Waals surface area contributed by atoms with Gasteiger partial charge in [-0.1, -0.05) is 6.42 Å². The number of nitrogens with zero attached hydrogens (tertiary/aromatic N) is 2. The average Bonchev–Trinajstić information content (AvgIpc) is 3.01. The summed E-state index contributed by atoms with van der Waals surface area (Å²) in [5.41, 5.74) is 1.87. The summed E-state index contributed by atoms with van der Waals surface area (Å²) in [7, 11) is 0. The molecule has 3 heterocycles. The molecule has 2 amide bonds. The molecule has 27 heavy (non-hydrogen) atoms. The van der Waals surface area contributed by atoms with Gasteiger partial charge in [-0.2, -0.15) is 0 Å². The summed E-state index contributed by atoms with van der Waals surface area (Å²) >= 11 is 0. The molecular formula is C20H20FN3O3. The minimum Gasteiger partial charge on any atom is -0.445 e. The summed E-state index contributed by atoms with van der Waals surface area (Å²) in [6, 6.07) is 4.15. The van der Waals surface area contributed by atoms with Gasteiger partial charge in [0.1, 0.15) is 17.3 Å². The maximum Gasteiger partial charge on any atom is 0.231 e. The third-order valence-corrected chi connectivity index (χ3v) is 5.86. The van der Waals surface area contributed by atoms with E-state index >= 15 is 0 Å². The summed E-state index contributed by atoms with van der Waals surface area (Å²) < 4.78 is 19.6. The SMILES string of the molecule is O=C1CC(C(=O)N2CCc3oc(C4CCC4)nc3C2)c2cc(F)ccc2N1. The normalized spacial score (nSPS) is 21.9. The number of nitrogens with one attached hydrogen (secondary N) is 1. The van der Waals surface area contributed by atoms with Gasteiger partial charge in [0.2, 0.25) is 11.8 Å². The maximum absolute atomic E-state index is 13.7. The second kappa shape index (κ2) is 6.18. The number of benzene rings is 1. The quantitative estimate of drug-likeness (QED) is 0.883. The Kier molecular flexibility index (Phi) is 3.77. The lowest BCUT2D eigenvalue weighted by molar-refractivity contribution is -0.135. The van der Waals surface area contributed by atoms with Crippen LogP contribution in [0.25, 0.3) is 0 Å². The number of halogens is 1. The van der Waals surface area contributed by atoms with Crippen molar-refractivity contribution in [2.24, 2.45) is 0 Å². The van der Waals surface area contributed by atoms with Crippen molar-refractivity contribution in [1.29, 1.82) is 0 Å². The van der Waals surface area contributed by atoms with E-state index in [2.05, 4.69) is 10.3 Å². The summed E-state index contributed by atoms with van der Waals surface area (Å²) in [6.07, 6.45) is 4.09. The zero-order valence-electron chi connectivity index (χ0n) is 14.8. The molecule has 1 unspecified atom stereocenters. The molecule has 1 atom stereocenters. The van der Waals surface area contributed by atoms with Crippen LogP contribution in [0.1, 0.15) is 60.4 Å². The van der Waals surface area contributed by atoms with E-state index in [0.717, 1.165) is 30.2 Å². The molecule has 1 saturated carbocycles. The summed E-state index contributed by atoms with van der Waals surface area (Å²) in [4.78, 5) is 31.5. The molecule has 0 radical (unpaired) electrons. The predicted octanol–water partition coefficient (Wildman–Crippen LogP) is 3.09. The standard InChI is InChI=1S/C20H20FN3O3/c21-12-4-5-15-13(8-12)14(9-18(25)22-15)20(26)24-7-6-17-16(10-24)23-19(27-17)11-2-1-3-11/h4-5,8,11,14H,1-3,6-7,9-10H2,(H,22,25). The number of oxazole rings is 1. The van der Waals surface area contributed by atoms with Crippen molar-refractivity contribution in [3.05, 3.63) is 46.9 Å². The Morgan fingerprint density at radius 3 is 2.96 bits per heavy atom. The molecule has 2 aliphatic heterocycles. The van der Waals surface area contributed by atoms with E-state index in [0.29, 0.717) is 36.7 Å². The van der Waals surface area contributed by atoms with E-state index in [1.165, 1.54) is 24.6 Å². The number of carbonyl (C=O) groups is 2. The van der Waals surface area contributed by atoms with Crippen LogP contribution in [-0.4, -0.2) is 28.2 Å². The van der Waals surface area contributed by atoms with Crippen molar-refractivity contribution in [2.75, 3.05) is 11.9 Å². The first kappa shape index (κ1) is 16.5. The minimum absolute atomic E-state index is 0.0325. The van der Waals surface area contributed by atoms with Gasteiger partial charge in [-0.3, -0.25) is 9.59 Å². The average molecular weight is 369 g/mol. The number of fused-ring (bicyclic) bond motifs is 2. The van der Waals surface area contributed by atoms with Gasteiger partial charge in [-0.05, 0) is 36.6 Å². The Hall–Kier alpha value is -2.70. The van der Waals surface area contributed by atoms with Crippen LogP contribution in [0.2, 0.25) is 0 Å². The smallest absolute Gasteiger partial charge is 0.231 e. The van der Waals surface area contributed by atoms with E-state index in [9.17, 15) is 14.0 Å². The molecule has 140 valence electrons. The molecule has 1 aromatic heterocycles. The Labute approximate surface area is 155 Å². The Morgan fingerprint density at radius 1 is 1.33 bits per heavy atom. The second-order valence-electron chi connectivity index (χ2n) is 7.60. The van der Waals surface area contributed by atoms with Crippen molar-refractivity contribution in [3.8, 4) is 0 Å². The fraction of sp³-hybridized carbons (Fsp3) is 0.450. The Bertz CT molecular complexity index is 935. The molecule has 3 aliphatic rings. The highest BCUT2D eigenvalue weighted by Gasteiger charge is 2.36. The predicted molar refractivity (Wildman–Crippen MR) is 94.6 cm³/mol. The van der Waals surface area contributed by atoms with Gasteiger partial charge in [0.25, 0.3) is 0 Å². The lowest BCUT2D eigenvalue weighted by Crippen LogP contribution is -2.41. The van der Waals surface area contributed by atoms with Crippen LogP contribution >= 0.6 is 0 Å². The number of carbonyl (C=O) groups excluding carboxylic acids is 2. The van der Waals surface area contributed by atoms with Gasteiger partial charge in [0.15, 0.2) is 5.89 Å². The van der Waals surface area contributed by atoms with Crippen LogP contribution < -0.4 is 5.32 Å². The van der Waals surface area contributed by atoms with Crippen molar-refractivity contribution < 1.29 is 18.4 Å². The molecule has 0 saturated heterocycles. The molecule has 0 bridgehead atoms. The summed E-state index contributed by atoms with van der Waals surface area (Å²) in [5.74, 6) is 0.624. The number of rotatable bonds is 2. The largest absolute Gasteiger partial charge is 0.445 e. The summed E-state index contributed by atoms with van der Waals surface area (Å²) in [6.45, 7) is 0.904. The Balaban J connectivity index is 1.39.